The molecule has 4 aromatic rings. The smallest absolute Gasteiger partial charge is 0.271 e. The number of hydrogen-bond acceptors (Lipinski definition) is 5. The Hall–Kier alpha value is -3.19. The molecule has 0 spiro atoms. The maximum Gasteiger partial charge on any atom is 0.271 e. The van der Waals surface area contributed by atoms with Crippen molar-refractivity contribution >= 4 is 17.2 Å². The van der Waals surface area contributed by atoms with Crippen LogP contribution in [0.1, 0.15) is 20.9 Å². The summed E-state index contributed by atoms with van der Waals surface area (Å²) >= 11 is 1.46. The third-order valence-corrected chi connectivity index (χ3v) is 5.13. The third kappa shape index (κ3) is 3.83. The number of furan rings is 1. The van der Waals surface area contributed by atoms with Crippen molar-refractivity contribution in [3.05, 3.63) is 77.3 Å². The van der Waals surface area contributed by atoms with Crippen molar-refractivity contribution in [2.24, 2.45) is 0 Å². The number of thiazole rings is 1. The molecule has 0 aliphatic heterocycles. The topological polar surface area (TPSA) is 73.0 Å². The van der Waals surface area contributed by atoms with E-state index in [-0.39, 0.29) is 5.91 Å². The van der Waals surface area contributed by atoms with E-state index in [1.807, 2.05) is 60.3 Å². The van der Waals surface area contributed by atoms with E-state index >= 15 is 0 Å². The van der Waals surface area contributed by atoms with Crippen molar-refractivity contribution < 1.29 is 9.21 Å². The highest BCUT2D eigenvalue weighted by Gasteiger charge is 2.17. The first-order chi connectivity index (χ1) is 13.2. The number of aryl methyl sites for hydroxylation is 1. The SMILES string of the molecule is Cc1sc(-c2ccco2)nc1C(=O)NCCc1ccc(-n2cccn2)cc1. The van der Waals surface area contributed by atoms with E-state index in [2.05, 4.69) is 15.4 Å². The average molecular weight is 378 g/mol. The van der Waals surface area contributed by atoms with Crippen LogP contribution in [0.5, 0.6) is 0 Å². The van der Waals surface area contributed by atoms with Gasteiger partial charge in [-0.15, -0.1) is 11.3 Å². The van der Waals surface area contributed by atoms with Crippen LogP contribution < -0.4 is 5.32 Å². The number of carbonyl (C=O) groups excluding carboxylic acids is 1. The number of carbonyl (C=O) groups is 1. The van der Waals surface area contributed by atoms with Crippen LogP contribution in [-0.2, 0) is 6.42 Å². The van der Waals surface area contributed by atoms with Gasteiger partial charge in [0.25, 0.3) is 5.91 Å². The third-order valence-electron chi connectivity index (χ3n) is 4.15. The van der Waals surface area contributed by atoms with Crippen molar-refractivity contribution in [1.29, 1.82) is 0 Å². The summed E-state index contributed by atoms with van der Waals surface area (Å²) in [5.41, 5.74) is 2.62. The van der Waals surface area contributed by atoms with Crippen LogP contribution in [0.4, 0.5) is 0 Å². The number of aromatic nitrogens is 3. The van der Waals surface area contributed by atoms with E-state index in [9.17, 15) is 4.79 Å². The summed E-state index contributed by atoms with van der Waals surface area (Å²) in [4.78, 5) is 17.7. The number of rotatable bonds is 6. The predicted molar refractivity (Wildman–Crippen MR) is 104 cm³/mol. The quantitative estimate of drug-likeness (QED) is 0.553. The monoisotopic (exact) mass is 378 g/mol. The van der Waals surface area contributed by atoms with Crippen molar-refractivity contribution in [2.45, 2.75) is 13.3 Å². The Morgan fingerprint density at radius 2 is 2.07 bits per heavy atom. The standard InChI is InChI=1S/C20H18N4O2S/c1-14-18(23-20(27-14)17-4-2-13-26-17)19(25)21-11-9-15-5-7-16(8-6-15)24-12-3-10-22-24/h2-8,10,12-13H,9,11H2,1H3,(H,21,25). The maximum absolute atomic E-state index is 12.4. The van der Waals surface area contributed by atoms with Crippen LogP contribution >= 0.6 is 11.3 Å². The Morgan fingerprint density at radius 1 is 1.22 bits per heavy atom. The van der Waals surface area contributed by atoms with Crippen LogP contribution in [-0.4, -0.2) is 27.2 Å². The van der Waals surface area contributed by atoms with Crippen LogP contribution in [0.3, 0.4) is 0 Å². The average Bonchev–Trinajstić information content (AvgIpc) is 3.43. The molecule has 0 unspecified atom stereocenters. The minimum absolute atomic E-state index is 0.158. The Bertz CT molecular complexity index is 1020. The molecule has 1 amide bonds. The van der Waals surface area contributed by atoms with Gasteiger partial charge in [0, 0.05) is 23.8 Å². The molecular formula is C20H18N4O2S. The summed E-state index contributed by atoms with van der Waals surface area (Å²) in [5, 5.41) is 7.88. The van der Waals surface area contributed by atoms with Gasteiger partial charge in [-0.05, 0) is 49.2 Å². The molecule has 7 heteroatoms. The minimum atomic E-state index is -0.158. The summed E-state index contributed by atoms with van der Waals surface area (Å²) in [5.74, 6) is 0.522. The van der Waals surface area contributed by atoms with Gasteiger partial charge in [0.15, 0.2) is 10.8 Å². The zero-order valence-corrected chi connectivity index (χ0v) is 15.6. The number of hydrogen-bond donors (Lipinski definition) is 1. The van der Waals surface area contributed by atoms with Gasteiger partial charge >= 0.3 is 0 Å². The number of amides is 1. The molecule has 4 rings (SSSR count). The summed E-state index contributed by atoms with van der Waals surface area (Å²) in [7, 11) is 0. The number of benzene rings is 1. The zero-order chi connectivity index (χ0) is 18.6. The fourth-order valence-electron chi connectivity index (χ4n) is 2.75. The van der Waals surface area contributed by atoms with Gasteiger partial charge in [-0.25, -0.2) is 9.67 Å². The molecule has 1 N–H and O–H groups in total. The molecule has 0 saturated heterocycles. The lowest BCUT2D eigenvalue weighted by Gasteiger charge is -2.06. The summed E-state index contributed by atoms with van der Waals surface area (Å²) < 4.78 is 7.17. The van der Waals surface area contributed by atoms with E-state index in [0.29, 0.717) is 18.0 Å². The highest BCUT2D eigenvalue weighted by Crippen LogP contribution is 2.27. The van der Waals surface area contributed by atoms with Gasteiger partial charge in [-0.1, -0.05) is 12.1 Å². The van der Waals surface area contributed by atoms with Gasteiger partial charge in [-0.3, -0.25) is 4.79 Å². The molecular weight excluding hydrogens is 360 g/mol. The second kappa shape index (κ2) is 7.59. The fraction of sp³-hybridized carbons (Fsp3) is 0.150. The molecule has 6 nitrogen and oxygen atoms in total. The van der Waals surface area contributed by atoms with Crippen molar-refractivity contribution in [1.82, 2.24) is 20.1 Å². The Balaban J connectivity index is 1.34. The highest BCUT2D eigenvalue weighted by molar-refractivity contribution is 7.15. The van der Waals surface area contributed by atoms with E-state index in [4.69, 9.17) is 4.42 Å². The summed E-state index contributed by atoms with van der Waals surface area (Å²) in [6.45, 7) is 2.44. The van der Waals surface area contributed by atoms with Crippen LogP contribution in [0.25, 0.3) is 16.5 Å². The molecule has 0 bridgehead atoms. The zero-order valence-electron chi connectivity index (χ0n) is 14.8. The Morgan fingerprint density at radius 3 is 2.78 bits per heavy atom. The van der Waals surface area contributed by atoms with Gasteiger partial charge < -0.3 is 9.73 Å². The first-order valence-corrected chi connectivity index (χ1v) is 9.41. The maximum atomic E-state index is 12.4. The van der Waals surface area contributed by atoms with Crippen LogP contribution in [0.15, 0.2) is 65.5 Å². The van der Waals surface area contributed by atoms with Crippen molar-refractivity contribution in [3.63, 3.8) is 0 Å². The molecule has 27 heavy (non-hydrogen) atoms. The van der Waals surface area contributed by atoms with Gasteiger partial charge in [0.05, 0.1) is 12.0 Å². The molecule has 136 valence electrons. The largest absolute Gasteiger partial charge is 0.462 e. The van der Waals surface area contributed by atoms with Gasteiger partial charge in [0.1, 0.15) is 5.69 Å². The first kappa shape index (κ1) is 17.2. The molecule has 0 fully saturated rings. The summed E-state index contributed by atoms with van der Waals surface area (Å²) in [6.07, 6.45) is 6.01. The predicted octanol–water partition coefficient (Wildman–Crippen LogP) is 3.87. The lowest BCUT2D eigenvalue weighted by molar-refractivity contribution is 0.0949. The molecule has 0 aliphatic carbocycles. The lowest BCUT2D eigenvalue weighted by Crippen LogP contribution is -2.26. The van der Waals surface area contributed by atoms with E-state index < -0.39 is 0 Å². The van der Waals surface area contributed by atoms with Crippen molar-refractivity contribution in [2.75, 3.05) is 6.54 Å². The number of nitrogens with one attached hydrogen (secondary N) is 1. The molecule has 0 aliphatic rings. The molecule has 3 aromatic heterocycles. The molecule has 1 aromatic carbocycles. The molecule has 0 radical (unpaired) electrons. The van der Waals surface area contributed by atoms with Crippen molar-refractivity contribution in [3.8, 4) is 16.5 Å². The second-order valence-electron chi connectivity index (χ2n) is 6.02. The minimum Gasteiger partial charge on any atom is -0.462 e. The van der Waals surface area contributed by atoms with Gasteiger partial charge in [0.2, 0.25) is 0 Å². The highest BCUT2D eigenvalue weighted by atomic mass is 32.1. The first-order valence-electron chi connectivity index (χ1n) is 8.59. The second-order valence-corrected chi connectivity index (χ2v) is 7.23. The van der Waals surface area contributed by atoms with E-state index in [1.165, 1.54) is 11.3 Å². The normalized spacial score (nSPS) is 10.9. The molecule has 0 saturated carbocycles. The Labute approximate surface area is 160 Å². The van der Waals surface area contributed by atoms with Crippen LogP contribution in [0.2, 0.25) is 0 Å². The Kier molecular flexibility index (Phi) is 4.84. The molecule has 3 heterocycles. The summed E-state index contributed by atoms with van der Waals surface area (Å²) in [6, 6.07) is 13.7. The van der Waals surface area contributed by atoms with Gasteiger partial charge in [-0.2, -0.15) is 5.10 Å². The lowest BCUT2D eigenvalue weighted by atomic mass is 10.1. The fourth-order valence-corrected chi connectivity index (χ4v) is 3.63. The number of nitrogens with zero attached hydrogens (tertiary/aromatic N) is 3. The molecule has 0 atom stereocenters. The van der Waals surface area contributed by atoms with E-state index in [1.54, 1.807) is 12.5 Å². The van der Waals surface area contributed by atoms with Crippen LogP contribution in [0, 0.1) is 6.92 Å². The van der Waals surface area contributed by atoms with E-state index in [0.717, 1.165) is 27.6 Å².